The summed E-state index contributed by atoms with van der Waals surface area (Å²) in [6, 6.07) is 6.11. The van der Waals surface area contributed by atoms with Gasteiger partial charge in [0.1, 0.15) is 5.82 Å². The van der Waals surface area contributed by atoms with Gasteiger partial charge in [0.2, 0.25) is 10.0 Å². The first-order valence-electron chi connectivity index (χ1n) is 7.35. The number of halogens is 1. The van der Waals surface area contributed by atoms with Gasteiger partial charge in [0.25, 0.3) is 0 Å². The number of unbranched alkanes of at least 4 members (excludes halogenated alkanes) is 1. The zero-order valence-electron chi connectivity index (χ0n) is 12.3. The molecule has 0 amide bonds. The van der Waals surface area contributed by atoms with E-state index in [4.69, 9.17) is 4.74 Å². The summed E-state index contributed by atoms with van der Waals surface area (Å²) in [4.78, 5) is 0. The van der Waals surface area contributed by atoms with Crippen LogP contribution in [0.5, 0.6) is 0 Å². The Hall–Kier alpha value is -0.980. The molecule has 2 rings (SSSR count). The Morgan fingerprint density at radius 1 is 1.38 bits per heavy atom. The van der Waals surface area contributed by atoms with Crippen LogP contribution in [-0.4, -0.2) is 37.7 Å². The second-order valence-electron chi connectivity index (χ2n) is 5.32. The van der Waals surface area contributed by atoms with Crippen molar-refractivity contribution >= 4 is 10.0 Å². The van der Waals surface area contributed by atoms with Crippen LogP contribution in [0.4, 0.5) is 4.39 Å². The minimum absolute atomic E-state index is 0.0376. The van der Waals surface area contributed by atoms with Gasteiger partial charge in [0.15, 0.2) is 0 Å². The number of rotatable bonds is 5. The Labute approximate surface area is 126 Å². The van der Waals surface area contributed by atoms with E-state index in [9.17, 15) is 12.8 Å². The van der Waals surface area contributed by atoms with Crippen molar-refractivity contribution in [2.75, 3.05) is 19.0 Å². The second-order valence-corrected chi connectivity index (χ2v) is 7.36. The van der Waals surface area contributed by atoms with Gasteiger partial charge in [-0.25, -0.2) is 12.8 Å². The number of hydrogen-bond donors (Lipinski definition) is 0. The normalized spacial score (nSPS) is 22.9. The molecular formula is C15H22FNO3S. The number of hydrogen-bond acceptors (Lipinski definition) is 3. The van der Waals surface area contributed by atoms with Crippen molar-refractivity contribution in [3.63, 3.8) is 0 Å². The molecule has 1 aromatic rings. The third-order valence-corrected chi connectivity index (χ3v) is 5.56. The Balaban J connectivity index is 2.25. The molecule has 6 heteroatoms. The zero-order valence-corrected chi connectivity index (χ0v) is 13.1. The van der Waals surface area contributed by atoms with Crippen LogP contribution in [0.15, 0.2) is 24.3 Å². The molecule has 0 aliphatic carbocycles. The van der Waals surface area contributed by atoms with Gasteiger partial charge in [0, 0.05) is 18.2 Å². The highest BCUT2D eigenvalue weighted by molar-refractivity contribution is 7.89. The lowest BCUT2D eigenvalue weighted by Gasteiger charge is -2.28. The standard InChI is InChI=1S/C15H22FNO3S/c1-2-3-7-14-12-20-9-10-21(18,19)17(14)11-13-6-4-5-8-15(13)16/h4-6,8,14H,2-3,7,9-12H2,1H3/t14-/m0/s1. The van der Waals surface area contributed by atoms with Crippen LogP contribution in [0.2, 0.25) is 0 Å². The maximum Gasteiger partial charge on any atom is 0.217 e. The Bertz CT molecular complexity index is 562. The third-order valence-electron chi connectivity index (χ3n) is 3.74. The fourth-order valence-corrected chi connectivity index (χ4v) is 4.02. The van der Waals surface area contributed by atoms with Crippen LogP contribution in [0.25, 0.3) is 0 Å². The van der Waals surface area contributed by atoms with Gasteiger partial charge in [-0.15, -0.1) is 0 Å². The highest BCUT2D eigenvalue weighted by Crippen LogP contribution is 2.22. The van der Waals surface area contributed by atoms with Crippen molar-refractivity contribution in [1.29, 1.82) is 0 Å². The van der Waals surface area contributed by atoms with Crippen molar-refractivity contribution in [2.45, 2.75) is 38.8 Å². The molecule has 0 aromatic heterocycles. The number of ether oxygens (including phenoxy) is 1. The molecule has 0 bridgehead atoms. The monoisotopic (exact) mass is 315 g/mol. The molecule has 0 spiro atoms. The molecule has 0 N–H and O–H groups in total. The molecule has 21 heavy (non-hydrogen) atoms. The molecular weight excluding hydrogens is 293 g/mol. The summed E-state index contributed by atoms with van der Waals surface area (Å²) in [7, 11) is -3.41. The van der Waals surface area contributed by atoms with E-state index in [1.165, 1.54) is 10.4 Å². The quantitative estimate of drug-likeness (QED) is 0.839. The maximum absolute atomic E-state index is 13.8. The smallest absolute Gasteiger partial charge is 0.217 e. The average Bonchev–Trinajstić information content (AvgIpc) is 2.59. The van der Waals surface area contributed by atoms with Gasteiger partial charge >= 0.3 is 0 Å². The van der Waals surface area contributed by atoms with Crippen molar-refractivity contribution in [1.82, 2.24) is 4.31 Å². The largest absolute Gasteiger partial charge is 0.379 e. The van der Waals surface area contributed by atoms with E-state index >= 15 is 0 Å². The van der Waals surface area contributed by atoms with Crippen LogP contribution in [-0.2, 0) is 21.3 Å². The van der Waals surface area contributed by atoms with Gasteiger partial charge in [-0.05, 0) is 12.5 Å². The molecule has 1 heterocycles. The molecule has 4 nitrogen and oxygen atoms in total. The fourth-order valence-electron chi connectivity index (χ4n) is 2.50. The van der Waals surface area contributed by atoms with E-state index in [-0.39, 0.29) is 30.8 Å². The summed E-state index contributed by atoms with van der Waals surface area (Å²) in [5.74, 6) is -0.406. The molecule has 1 saturated heterocycles. The predicted molar refractivity (Wildman–Crippen MR) is 79.9 cm³/mol. The number of nitrogens with zero attached hydrogens (tertiary/aromatic N) is 1. The van der Waals surface area contributed by atoms with E-state index in [2.05, 4.69) is 6.92 Å². The molecule has 0 saturated carbocycles. The number of sulfonamides is 1. The first-order valence-corrected chi connectivity index (χ1v) is 8.96. The molecule has 1 aromatic carbocycles. The third kappa shape index (κ3) is 4.25. The lowest BCUT2D eigenvalue weighted by Crippen LogP contribution is -2.41. The summed E-state index contributed by atoms with van der Waals surface area (Å²) in [5, 5.41) is 0. The molecule has 118 valence electrons. The lowest BCUT2D eigenvalue weighted by molar-refractivity contribution is 0.104. The van der Waals surface area contributed by atoms with Crippen LogP contribution in [0, 0.1) is 5.82 Å². The fraction of sp³-hybridized carbons (Fsp3) is 0.600. The highest BCUT2D eigenvalue weighted by atomic mass is 32.2. The van der Waals surface area contributed by atoms with Crippen molar-refractivity contribution in [3.05, 3.63) is 35.6 Å². The van der Waals surface area contributed by atoms with Crippen LogP contribution in [0.1, 0.15) is 31.7 Å². The summed E-state index contributed by atoms with van der Waals surface area (Å²) >= 11 is 0. The van der Waals surface area contributed by atoms with Crippen molar-refractivity contribution < 1.29 is 17.5 Å². The van der Waals surface area contributed by atoms with E-state index in [1.54, 1.807) is 18.2 Å². The first-order chi connectivity index (χ1) is 10.0. The molecule has 0 unspecified atom stereocenters. The maximum atomic E-state index is 13.8. The van der Waals surface area contributed by atoms with Crippen molar-refractivity contribution in [3.8, 4) is 0 Å². The SMILES string of the molecule is CCCC[C@H]1COCCS(=O)(=O)N1Cc1ccccc1F. The summed E-state index contributed by atoms with van der Waals surface area (Å²) in [6.45, 7) is 2.73. The molecule has 1 aliphatic heterocycles. The van der Waals surface area contributed by atoms with Gasteiger partial charge in [-0.1, -0.05) is 38.0 Å². The zero-order chi connectivity index (χ0) is 15.3. The Morgan fingerprint density at radius 2 is 2.14 bits per heavy atom. The molecule has 1 atom stereocenters. The van der Waals surface area contributed by atoms with Gasteiger partial charge in [-0.3, -0.25) is 0 Å². The van der Waals surface area contributed by atoms with E-state index in [0.29, 0.717) is 12.2 Å². The second kappa shape index (κ2) is 7.33. The predicted octanol–water partition coefficient (Wildman–Crippen LogP) is 2.55. The van der Waals surface area contributed by atoms with E-state index in [0.717, 1.165) is 19.3 Å². The van der Waals surface area contributed by atoms with Gasteiger partial charge in [0.05, 0.1) is 19.0 Å². The minimum atomic E-state index is -3.41. The summed E-state index contributed by atoms with van der Waals surface area (Å²) < 4.78 is 45.5. The van der Waals surface area contributed by atoms with E-state index in [1.807, 2.05) is 0 Å². The molecule has 0 radical (unpaired) electrons. The van der Waals surface area contributed by atoms with Gasteiger partial charge in [-0.2, -0.15) is 4.31 Å². The molecule has 1 fully saturated rings. The van der Waals surface area contributed by atoms with Gasteiger partial charge < -0.3 is 4.74 Å². The van der Waals surface area contributed by atoms with Crippen LogP contribution < -0.4 is 0 Å². The molecule has 1 aliphatic rings. The Morgan fingerprint density at radius 3 is 2.86 bits per heavy atom. The minimum Gasteiger partial charge on any atom is -0.379 e. The number of benzene rings is 1. The van der Waals surface area contributed by atoms with Crippen LogP contribution >= 0.6 is 0 Å². The lowest BCUT2D eigenvalue weighted by atomic mass is 10.1. The van der Waals surface area contributed by atoms with Crippen molar-refractivity contribution in [2.24, 2.45) is 0 Å². The van der Waals surface area contributed by atoms with E-state index < -0.39 is 10.0 Å². The Kier molecular flexibility index (Phi) is 5.72. The topological polar surface area (TPSA) is 46.6 Å². The van der Waals surface area contributed by atoms with Crippen LogP contribution in [0.3, 0.4) is 0 Å². The summed E-state index contributed by atoms with van der Waals surface area (Å²) in [6.07, 6.45) is 2.66. The average molecular weight is 315 g/mol. The highest BCUT2D eigenvalue weighted by Gasteiger charge is 2.32. The first kappa shape index (κ1) is 16.4. The summed E-state index contributed by atoms with van der Waals surface area (Å²) in [5.41, 5.74) is 0.407.